The van der Waals surface area contributed by atoms with Gasteiger partial charge in [-0.05, 0) is 37.1 Å². The van der Waals surface area contributed by atoms with Crippen molar-refractivity contribution < 1.29 is 21.6 Å². The summed E-state index contributed by atoms with van der Waals surface area (Å²) >= 11 is 0. The van der Waals surface area contributed by atoms with Crippen LogP contribution in [-0.2, 0) is 32.3 Å². The Balaban J connectivity index is 2.21. The fourth-order valence-corrected chi connectivity index (χ4v) is 5.24. The summed E-state index contributed by atoms with van der Waals surface area (Å²) in [7, 11) is -5.94. The molecule has 0 saturated heterocycles. The van der Waals surface area contributed by atoms with E-state index in [9.17, 15) is 16.8 Å². The smallest absolute Gasteiger partial charge is 0.244 e. The van der Waals surface area contributed by atoms with Crippen LogP contribution in [0.3, 0.4) is 0 Å². The van der Waals surface area contributed by atoms with Crippen LogP contribution < -0.4 is 14.2 Å². The molecule has 7 nitrogen and oxygen atoms in total. The molecule has 0 unspecified atom stereocenters. The molecule has 27 heavy (non-hydrogen) atoms. The molecule has 2 aromatic carbocycles. The van der Waals surface area contributed by atoms with Gasteiger partial charge in [0.2, 0.25) is 20.0 Å². The average molecular weight is 413 g/mol. The number of hydrogen-bond acceptors (Lipinski definition) is 5. The number of para-hydroxylation sites is 1. The van der Waals surface area contributed by atoms with Crippen LogP contribution in [0.4, 0.5) is 0 Å². The van der Waals surface area contributed by atoms with Crippen molar-refractivity contribution in [3.05, 3.63) is 59.7 Å². The first-order valence-corrected chi connectivity index (χ1v) is 11.5. The summed E-state index contributed by atoms with van der Waals surface area (Å²) in [6.45, 7) is 3.45. The maximum Gasteiger partial charge on any atom is 0.244 e. The minimum absolute atomic E-state index is 0.0269. The third kappa shape index (κ3) is 6.03. The lowest BCUT2D eigenvalue weighted by Crippen LogP contribution is -2.32. The van der Waals surface area contributed by atoms with Gasteiger partial charge in [-0.25, -0.2) is 26.3 Å². The molecule has 0 heterocycles. The third-order valence-electron chi connectivity index (χ3n) is 3.69. The summed E-state index contributed by atoms with van der Waals surface area (Å²) in [5.41, 5.74) is 1.12. The second kappa shape index (κ2) is 8.83. The SMILES string of the molecule is COc1ccccc1S(=O)(=O)NCc1ccccc1CS(=O)(=O)NC(C)C. The summed E-state index contributed by atoms with van der Waals surface area (Å²) < 4.78 is 59.8. The molecule has 0 radical (unpaired) electrons. The van der Waals surface area contributed by atoms with Gasteiger partial charge < -0.3 is 4.74 Å². The van der Waals surface area contributed by atoms with Crippen molar-refractivity contribution in [1.82, 2.24) is 9.44 Å². The second-order valence-electron chi connectivity index (χ2n) is 6.28. The number of sulfonamides is 2. The van der Waals surface area contributed by atoms with Gasteiger partial charge in [0.05, 0.1) is 12.9 Å². The number of rotatable bonds is 9. The molecule has 2 rings (SSSR count). The van der Waals surface area contributed by atoms with Crippen molar-refractivity contribution >= 4 is 20.0 Å². The van der Waals surface area contributed by atoms with Gasteiger partial charge in [-0.2, -0.15) is 0 Å². The van der Waals surface area contributed by atoms with Gasteiger partial charge in [-0.1, -0.05) is 36.4 Å². The molecular weight excluding hydrogens is 388 g/mol. The topological polar surface area (TPSA) is 102 Å². The van der Waals surface area contributed by atoms with Crippen molar-refractivity contribution in [2.24, 2.45) is 0 Å². The van der Waals surface area contributed by atoms with Gasteiger partial charge in [0, 0.05) is 12.6 Å². The predicted octanol–water partition coefficient (Wildman–Crippen LogP) is 2.00. The maximum atomic E-state index is 12.6. The molecule has 0 atom stereocenters. The average Bonchev–Trinajstić information content (AvgIpc) is 2.59. The number of methoxy groups -OCH3 is 1. The van der Waals surface area contributed by atoms with E-state index in [1.54, 1.807) is 56.3 Å². The second-order valence-corrected chi connectivity index (χ2v) is 9.77. The van der Waals surface area contributed by atoms with Crippen LogP contribution in [0.25, 0.3) is 0 Å². The lowest BCUT2D eigenvalue weighted by atomic mass is 10.1. The summed E-state index contributed by atoms with van der Waals surface area (Å²) in [4.78, 5) is 0.0269. The largest absolute Gasteiger partial charge is 0.495 e. The van der Waals surface area contributed by atoms with Gasteiger partial charge in [0.25, 0.3) is 0 Å². The number of hydrogen-bond donors (Lipinski definition) is 2. The first-order chi connectivity index (χ1) is 12.6. The lowest BCUT2D eigenvalue weighted by molar-refractivity contribution is 0.402. The first kappa shape index (κ1) is 21.4. The van der Waals surface area contributed by atoms with Crippen molar-refractivity contribution in [2.45, 2.75) is 37.1 Å². The zero-order valence-corrected chi connectivity index (χ0v) is 17.1. The molecule has 2 aromatic rings. The molecule has 0 bridgehead atoms. The fourth-order valence-electron chi connectivity index (χ4n) is 2.57. The van der Waals surface area contributed by atoms with Crippen molar-refractivity contribution in [2.75, 3.05) is 7.11 Å². The van der Waals surface area contributed by atoms with Crippen LogP contribution in [0.5, 0.6) is 5.75 Å². The highest BCUT2D eigenvalue weighted by molar-refractivity contribution is 7.89. The summed E-state index contributed by atoms with van der Waals surface area (Å²) in [6.07, 6.45) is 0. The molecule has 0 aromatic heterocycles. The lowest BCUT2D eigenvalue weighted by Gasteiger charge is -2.14. The highest BCUT2D eigenvalue weighted by Crippen LogP contribution is 2.23. The Hall–Kier alpha value is -1.94. The molecule has 0 spiro atoms. The highest BCUT2D eigenvalue weighted by Gasteiger charge is 2.20. The molecule has 0 fully saturated rings. The van der Waals surface area contributed by atoms with E-state index < -0.39 is 20.0 Å². The zero-order chi connectivity index (χ0) is 20.1. The van der Waals surface area contributed by atoms with E-state index >= 15 is 0 Å². The van der Waals surface area contributed by atoms with E-state index in [0.29, 0.717) is 11.1 Å². The Bertz CT molecular complexity index is 986. The summed E-state index contributed by atoms with van der Waals surface area (Å²) in [6, 6.07) is 12.9. The van der Waals surface area contributed by atoms with E-state index in [0.717, 1.165) is 0 Å². The van der Waals surface area contributed by atoms with Gasteiger partial charge in [0.15, 0.2) is 0 Å². The van der Waals surface area contributed by atoms with E-state index in [4.69, 9.17) is 4.74 Å². The number of ether oxygens (including phenoxy) is 1. The van der Waals surface area contributed by atoms with Gasteiger partial charge >= 0.3 is 0 Å². The first-order valence-electron chi connectivity index (χ1n) is 8.34. The quantitative estimate of drug-likeness (QED) is 0.656. The zero-order valence-electron chi connectivity index (χ0n) is 15.5. The van der Waals surface area contributed by atoms with Crippen molar-refractivity contribution in [1.29, 1.82) is 0 Å². The van der Waals surface area contributed by atoms with E-state index in [2.05, 4.69) is 9.44 Å². The molecule has 0 aliphatic rings. The Morgan fingerprint density at radius 3 is 2.15 bits per heavy atom. The van der Waals surface area contributed by atoms with Crippen LogP contribution >= 0.6 is 0 Å². The van der Waals surface area contributed by atoms with E-state index in [1.807, 2.05) is 0 Å². The molecular formula is C18H24N2O5S2. The standard InChI is InChI=1S/C18H24N2O5S2/c1-14(2)20-26(21,22)13-16-9-5-4-8-15(16)12-19-27(23,24)18-11-7-6-10-17(18)25-3/h4-11,14,19-20H,12-13H2,1-3H3. The van der Waals surface area contributed by atoms with Gasteiger partial charge in [0.1, 0.15) is 10.6 Å². The number of benzene rings is 2. The van der Waals surface area contributed by atoms with E-state index in [-0.39, 0.29) is 29.0 Å². The summed E-state index contributed by atoms with van der Waals surface area (Å²) in [5.74, 6) is 0.0135. The predicted molar refractivity (Wildman–Crippen MR) is 104 cm³/mol. The molecule has 2 N–H and O–H groups in total. The van der Waals surface area contributed by atoms with Crippen LogP contribution in [0, 0.1) is 0 Å². The molecule has 0 aliphatic carbocycles. The molecule has 148 valence electrons. The van der Waals surface area contributed by atoms with Crippen molar-refractivity contribution in [3.8, 4) is 5.75 Å². The van der Waals surface area contributed by atoms with Crippen LogP contribution in [0.15, 0.2) is 53.4 Å². The van der Waals surface area contributed by atoms with Crippen LogP contribution in [-0.4, -0.2) is 30.0 Å². The Kier molecular flexibility index (Phi) is 6.99. The highest BCUT2D eigenvalue weighted by atomic mass is 32.2. The third-order valence-corrected chi connectivity index (χ3v) is 6.65. The van der Waals surface area contributed by atoms with Crippen LogP contribution in [0.1, 0.15) is 25.0 Å². The van der Waals surface area contributed by atoms with Gasteiger partial charge in [-0.15, -0.1) is 0 Å². The molecule has 9 heteroatoms. The fraction of sp³-hybridized carbons (Fsp3) is 0.333. The Labute approximate surface area is 160 Å². The molecule has 0 aliphatic heterocycles. The number of nitrogens with one attached hydrogen (secondary N) is 2. The van der Waals surface area contributed by atoms with Crippen molar-refractivity contribution in [3.63, 3.8) is 0 Å². The Morgan fingerprint density at radius 2 is 1.52 bits per heavy atom. The molecule has 0 amide bonds. The minimum Gasteiger partial charge on any atom is -0.495 e. The minimum atomic E-state index is -3.82. The maximum absolute atomic E-state index is 12.6. The Morgan fingerprint density at radius 1 is 0.926 bits per heavy atom. The van der Waals surface area contributed by atoms with E-state index in [1.165, 1.54) is 13.2 Å². The van der Waals surface area contributed by atoms with Crippen LogP contribution in [0.2, 0.25) is 0 Å². The molecule has 0 saturated carbocycles. The summed E-state index contributed by atoms with van der Waals surface area (Å²) in [5, 5.41) is 0. The monoisotopic (exact) mass is 412 g/mol. The normalized spacial score (nSPS) is 12.3. The van der Waals surface area contributed by atoms with Gasteiger partial charge in [-0.3, -0.25) is 0 Å².